The lowest BCUT2D eigenvalue weighted by Crippen LogP contribution is -2.29. The van der Waals surface area contributed by atoms with Gasteiger partial charge in [0, 0.05) is 5.56 Å². The SMILES string of the molecule is CCCCCOc1cccc(C2/C(=C(\O)c3ccc(C)cc3)C(=O)C(=O)N2c2nc(C)c(C(=O)OCC)s2)c1. The molecule has 1 amide bonds. The Bertz CT molecular complexity index is 1410. The molecule has 1 aliphatic rings. The fourth-order valence-corrected chi connectivity index (χ4v) is 5.39. The van der Waals surface area contributed by atoms with E-state index in [0.29, 0.717) is 29.2 Å². The minimum Gasteiger partial charge on any atom is -0.507 e. The molecule has 0 spiro atoms. The molecule has 1 aromatic heterocycles. The topological polar surface area (TPSA) is 106 Å². The number of anilines is 1. The van der Waals surface area contributed by atoms with E-state index in [-0.39, 0.29) is 27.9 Å². The fraction of sp³-hybridized carbons (Fsp3) is 0.333. The van der Waals surface area contributed by atoms with Crippen LogP contribution in [0.4, 0.5) is 5.13 Å². The van der Waals surface area contributed by atoms with Gasteiger partial charge in [0.05, 0.1) is 30.5 Å². The van der Waals surface area contributed by atoms with Crippen LogP contribution in [0.5, 0.6) is 5.75 Å². The van der Waals surface area contributed by atoms with Crippen LogP contribution in [-0.2, 0) is 14.3 Å². The fourth-order valence-electron chi connectivity index (χ4n) is 4.40. The highest BCUT2D eigenvalue weighted by atomic mass is 32.1. The predicted molar refractivity (Wildman–Crippen MR) is 150 cm³/mol. The smallest absolute Gasteiger partial charge is 0.350 e. The summed E-state index contributed by atoms with van der Waals surface area (Å²) in [7, 11) is 0. The van der Waals surface area contributed by atoms with E-state index in [4.69, 9.17) is 9.47 Å². The van der Waals surface area contributed by atoms with Crippen molar-refractivity contribution < 1.29 is 29.0 Å². The average molecular weight is 549 g/mol. The Labute approximate surface area is 231 Å². The molecule has 1 saturated heterocycles. The van der Waals surface area contributed by atoms with Crippen molar-refractivity contribution in [3.63, 3.8) is 0 Å². The maximum absolute atomic E-state index is 13.5. The summed E-state index contributed by atoms with van der Waals surface area (Å²) in [4.78, 5) is 45.4. The molecule has 8 nitrogen and oxygen atoms in total. The van der Waals surface area contributed by atoms with Crippen molar-refractivity contribution in [3.05, 3.63) is 81.4 Å². The largest absolute Gasteiger partial charge is 0.507 e. The number of ether oxygens (including phenoxy) is 2. The summed E-state index contributed by atoms with van der Waals surface area (Å²) >= 11 is 0.976. The summed E-state index contributed by atoms with van der Waals surface area (Å²) in [5, 5.41) is 11.5. The lowest BCUT2D eigenvalue weighted by atomic mass is 9.95. The lowest BCUT2D eigenvalue weighted by molar-refractivity contribution is -0.132. The minimum absolute atomic E-state index is 0.0578. The number of aryl methyl sites for hydroxylation is 2. The van der Waals surface area contributed by atoms with E-state index in [1.165, 1.54) is 4.90 Å². The molecule has 2 heterocycles. The second-order valence-corrected chi connectivity index (χ2v) is 10.3. The lowest BCUT2D eigenvalue weighted by Gasteiger charge is -2.23. The van der Waals surface area contributed by atoms with Gasteiger partial charge in [0.25, 0.3) is 5.78 Å². The first-order valence-electron chi connectivity index (χ1n) is 13.0. The van der Waals surface area contributed by atoms with Gasteiger partial charge >= 0.3 is 11.9 Å². The first-order chi connectivity index (χ1) is 18.8. The molecule has 1 aliphatic heterocycles. The second-order valence-electron chi connectivity index (χ2n) is 9.29. The van der Waals surface area contributed by atoms with E-state index in [9.17, 15) is 19.5 Å². The van der Waals surface area contributed by atoms with Gasteiger partial charge in [-0.05, 0) is 44.9 Å². The van der Waals surface area contributed by atoms with Gasteiger partial charge in [0.15, 0.2) is 5.13 Å². The summed E-state index contributed by atoms with van der Waals surface area (Å²) in [6, 6.07) is 13.2. The Balaban J connectivity index is 1.84. The molecule has 1 N–H and O–H groups in total. The molecule has 0 radical (unpaired) electrons. The van der Waals surface area contributed by atoms with Crippen LogP contribution in [0.1, 0.15) is 71.2 Å². The highest BCUT2D eigenvalue weighted by Crippen LogP contribution is 2.44. The number of Topliss-reactive ketones (excluding diaryl/α,β-unsaturated/α-hetero) is 1. The van der Waals surface area contributed by atoms with Gasteiger partial charge in [-0.25, -0.2) is 9.78 Å². The van der Waals surface area contributed by atoms with Gasteiger partial charge in [0.1, 0.15) is 16.4 Å². The zero-order valence-electron chi connectivity index (χ0n) is 22.5. The number of hydrogen-bond donors (Lipinski definition) is 1. The third kappa shape index (κ3) is 5.88. The molecule has 4 rings (SSSR count). The maximum Gasteiger partial charge on any atom is 0.350 e. The highest BCUT2D eigenvalue weighted by Gasteiger charge is 2.48. The number of hydrogen-bond acceptors (Lipinski definition) is 8. The zero-order chi connectivity index (χ0) is 28.1. The number of benzene rings is 2. The van der Waals surface area contributed by atoms with Gasteiger partial charge in [0.2, 0.25) is 0 Å². The summed E-state index contributed by atoms with van der Waals surface area (Å²) in [5.74, 6) is -1.92. The molecule has 204 valence electrons. The second kappa shape index (κ2) is 12.3. The Morgan fingerprint density at radius 1 is 1.08 bits per heavy atom. The predicted octanol–water partition coefficient (Wildman–Crippen LogP) is 6.13. The van der Waals surface area contributed by atoms with Gasteiger partial charge < -0.3 is 14.6 Å². The Kier molecular flexibility index (Phi) is 8.81. The molecular weight excluding hydrogens is 516 g/mol. The average Bonchev–Trinajstić information content (AvgIpc) is 3.43. The summed E-state index contributed by atoms with van der Waals surface area (Å²) < 4.78 is 11.1. The molecule has 0 bridgehead atoms. The van der Waals surface area contributed by atoms with Crippen molar-refractivity contribution in [1.29, 1.82) is 0 Å². The van der Waals surface area contributed by atoms with Crippen molar-refractivity contribution >= 4 is 39.9 Å². The number of aliphatic hydroxyl groups is 1. The van der Waals surface area contributed by atoms with Crippen molar-refractivity contribution in [2.24, 2.45) is 0 Å². The van der Waals surface area contributed by atoms with E-state index < -0.39 is 23.7 Å². The van der Waals surface area contributed by atoms with Crippen LogP contribution < -0.4 is 9.64 Å². The number of ketones is 1. The normalized spacial score (nSPS) is 16.5. The van der Waals surface area contributed by atoms with Gasteiger partial charge in [-0.15, -0.1) is 0 Å². The van der Waals surface area contributed by atoms with Gasteiger partial charge in [-0.1, -0.05) is 73.1 Å². The number of aliphatic hydroxyl groups excluding tert-OH is 1. The molecule has 1 unspecified atom stereocenters. The molecule has 9 heteroatoms. The van der Waals surface area contributed by atoms with Gasteiger partial charge in [-0.2, -0.15) is 0 Å². The number of esters is 1. The van der Waals surface area contributed by atoms with E-state index in [2.05, 4.69) is 11.9 Å². The van der Waals surface area contributed by atoms with Crippen LogP contribution in [-0.4, -0.2) is 41.0 Å². The van der Waals surface area contributed by atoms with Crippen LogP contribution in [0.25, 0.3) is 5.76 Å². The van der Waals surface area contributed by atoms with Crippen molar-refractivity contribution in [2.45, 2.75) is 53.0 Å². The van der Waals surface area contributed by atoms with E-state index >= 15 is 0 Å². The van der Waals surface area contributed by atoms with E-state index in [1.807, 2.05) is 25.1 Å². The molecule has 1 fully saturated rings. The summed E-state index contributed by atoms with van der Waals surface area (Å²) in [6.45, 7) is 8.12. The number of unbranched alkanes of at least 4 members (excludes halogenated alkanes) is 2. The van der Waals surface area contributed by atoms with Crippen LogP contribution in [0.15, 0.2) is 54.1 Å². The number of rotatable bonds is 10. The summed E-state index contributed by atoms with van der Waals surface area (Å²) in [6.07, 6.45) is 3.02. The number of thiazole rings is 1. The third-order valence-corrected chi connectivity index (χ3v) is 7.55. The monoisotopic (exact) mass is 548 g/mol. The molecule has 1 atom stereocenters. The number of nitrogens with zero attached hydrogens (tertiary/aromatic N) is 2. The van der Waals surface area contributed by atoms with E-state index in [1.54, 1.807) is 44.2 Å². The first-order valence-corrected chi connectivity index (χ1v) is 13.8. The zero-order valence-corrected chi connectivity index (χ0v) is 23.3. The minimum atomic E-state index is -0.980. The van der Waals surface area contributed by atoms with Crippen LogP contribution in [0, 0.1) is 13.8 Å². The number of amides is 1. The Morgan fingerprint density at radius 2 is 1.82 bits per heavy atom. The molecule has 3 aromatic rings. The molecular formula is C30H32N2O6S. The van der Waals surface area contributed by atoms with Crippen LogP contribution in [0.2, 0.25) is 0 Å². The van der Waals surface area contributed by atoms with Crippen LogP contribution >= 0.6 is 11.3 Å². The van der Waals surface area contributed by atoms with E-state index in [0.717, 1.165) is 36.2 Å². The molecule has 39 heavy (non-hydrogen) atoms. The number of aromatic nitrogens is 1. The third-order valence-electron chi connectivity index (χ3n) is 6.41. The van der Waals surface area contributed by atoms with Crippen molar-refractivity contribution in [3.8, 4) is 5.75 Å². The molecule has 0 saturated carbocycles. The highest BCUT2D eigenvalue weighted by molar-refractivity contribution is 7.17. The summed E-state index contributed by atoms with van der Waals surface area (Å²) in [5.41, 5.74) is 2.30. The van der Waals surface area contributed by atoms with Crippen molar-refractivity contribution in [1.82, 2.24) is 4.98 Å². The Hall–Kier alpha value is -3.98. The first kappa shape index (κ1) is 28.0. The van der Waals surface area contributed by atoms with Gasteiger partial charge in [-0.3, -0.25) is 14.5 Å². The number of carbonyl (C=O) groups is 3. The van der Waals surface area contributed by atoms with Crippen molar-refractivity contribution in [2.75, 3.05) is 18.1 Å². The molecule has 0 aliphatic carbocycles. The Morgan fingerprint density at radius 3 is 2.51 bits per heavy atom. The maximum atomic E-state index is 13.5. The molecule has 2 aromatic carbocycles. The number of carbonyl (C=O) groups excluding carboxylic acids is 3. The van der Waals surface area contributed by atoms with Crippen LogP contribution in [0.3, 0.4) is 0 Å². The standard InChI is InChI=1S/C30H32N2O6S/c1-5-7-8-16-38-22-11-9-10-21(17-22)24-23(25(33)20-14-12-18(3)13-15-20)26(34)28(35)32(24)30-31-19(4)27(39-30)29(36)37-6-2/h9-15,17,24,33H,5-8,16H2,1-4H3/b25-23+. The quantitative estimate of drug-likeness (QED) is 0.107.